The quantitative estimate of drug-likeness (QED) is 0.202. The molecule has 17 saturated carbocycles. The molecule has 4 heteroatoms. The Morgan fingerprint density at radius 1 is 0.200 bits per heavy atom. The van der Waals surface area contributed by atoms with Gasteiger partial charge in [0.15, 0.2) is 6.71 Å². The monoisotopic (exact) mass is 1500 g/mol. The van der Waals surface area contributed by atoms with Crippen LogP contribution in [0.5, 0.6) is 0 Å². The first-order valence-electron chi connectivity index (χ1n) is 52.8. The van der Waals surface area contributed by atoms with Crippen LogP contribution in [-0.4, -0.2) is 75.8 Å². The average Bonchev–Trinajstić information content (AvgIpc) is 0.713. The number of hydrogen-bond acceptors (Lipinski definition) is 3. The Morgan fingerprint density at radius 3 is 0.982 bits per heavy atom. The van der Waals surface area contributed by atoms with E-state index in [1.165, 1.54) is 51.4 Å². The van der Waals surface area contributed by atoms with Crippen molar-refractivity contribution >= 4 is 6.71 Å². The smallest absolute Gasteiger partial charge is 0.156 e. The summed E-state index contributed by atoms with van der Waals surface area (Å²) < 4.78 is 0. The highest BCUT2D eigenvalue weighted by atomic mass is 15.3. The number of nitrogens with zero attached hydrogens (tertiary/aromatic N) is 3. The van der Waals surface area contributed by atoms with E-state index < -0.39 is 0 Å². The SMILES string of the molecule is CC(C)(C)C1CC2CCC3CC(C(C)(C)C)CC4C(C5CCC6B7C8CCC(N9C%10CCCCC%10C%10CCCCC%109)CC8N(C8C(C9CCCCC9)CC(C9CCCCC9)CC8C8CCCCC8)C8CC(C(C)(C)C)CC(C78)N(C7C(C8CCCCC8)CC(C8CCCCC8)CC7C7CCCCC7)C6C5)CC(C1)C2C34. The Bertz CT molecular complexity index is 2910. The molecule has 27 unspecified atom stereocenters. The maximum absolute atomic E-state index is 4.07. The maximum atomic E-state index is 4.07. The van der Waals surface area contributed by atoms with Crippen LogP contribution in [0.1, 0.15) is 428 Å². The minimum atomic E-state index is 0.328. The second kappa shape index (κ2) is 32.4. The van der Waals surface area contributed by atoms with E-state index in [-0.39, 0.29) is 0 Å². The molecule has 0 radical (unpaired) electrons. The van der Waals surface area contributed by atoms with Gasteiger partial charge < -0.3 is 0 Å². The van der Waals surface area contributed by atoms with Gasteiger partial charge in [-0.05, 0) is 310 Å². The predicted octanol–water partition coefficient (Wildman–Crippen LogP) is 28.9. The number of likely N-dealkylation sites (tertiary alicyclic amines) is 1. The van der Waals surface area contributed by atoms with Crippen LogP contribution >= 0.6 is 0 Å². The standard InChI is InChI=1S/C106H178BN3/c1-104(2,3)79-54-74-48-49-75-55-80(105(4,5)6)63-90-85(61-78(56-79)99(74)100(75)90)73-50-52-91-95(62-73)109(102-86(69-36-20-12-21-37-69)57-76(67-32-16-10-17-33-67)58-87(102)70-38-22-13-23-39-70)97-64-81(106(7,8)9)65-98-101(97)107(91)92-53-51-82(108-93-46-30-28-44-83(93)84-45-29-31-47-94(84)108)66-96(92)110(98)103-88(71-40-24-14-25-41-71)59-77(68-34-18-11-19-35-68)60-89(103)72-42-26-15-27-43-72/h67-103H,10-66H2,1-9H3. The van der Waals surface area contributed by atoms with Gasteiger partial charge in [0.05, 0.1) is 0 Å². The second-order valence-corrected chi connectivity index (χ2v) is 50.8. The van der Waals surface area contributed by atoms with E-state index >= 15 is 0 Å². The van der Waals surface area contributed by atoms with Gasteiger partial charge in [0.2, 0.25) is 0 Å². The van der Waals surface area contributed by atoms with Gasteiger partial charge >= 0.3 is 0 Å². The fourth-order valence-corrected chi connectivity index (χ4v) is 39.0. The molecule has 3 saturated heterocycles. The summed E-state index contributed by atoms with van der Waals surface area (Å²) in [5, 5.41) is 0. The van der Waals surface area contributed by atoms with E-state index in [0.29, 0.717) is 16.2 Å². The van der Waals surface area contributed by atoms with Gasteiger partial charge in [0.25, 0.3) is 0 Å². The summed E-state index contributed by atoms with van der Waals surface area (Å²) in [5.41, 5.74) is 1.20. The molecule has 20 rings (SSSR count). The molecule has 0 bridgehead atoms. The lowest BCUT2D eigenvalue weighted by molar-refractivity contribution is -0.161. The zero-order chi connectivity index (χ0) is 74.5. The summed E-state index contributed by atoms with van der Waals surface area (Å²) in [6, 6.07) is 7.62. The Hall–Kier alpha value is -0.0551. The molecular weight excluding hydrogens is 1330 g/mol. The van der Waals surface area contributed by atoms with Gasteiger partial charge in [0, 0.05) is 54.4 Å². The molecule has 20 fully saturated rings. The van der Waals surface area contributed by atoms with Crippen molar-refractivity contribution in [2.45, 2.75) is 500 Å². The molecule has 27 atom stereocenters. The summed E-state index contributed by atoms with van der Waals surface area (Å²) in [7, 11) is 0. The Balaban J connectivity index is 0.772. The molecule has 0 spiro atoms. The normalized spacial score (nSPS) is 49.2. The second-order valence-electron chi connectivity index (χ2n) is 50.8. The third-order valence-corrected chi connectivity index (χ3v) is 43.6. The third-order valence-electron chi connectivity index (χ3n) is 43.6. The van der Waals surface area contributed by atoms with Crippen LogP contribution in [0.4, 0.5) is 0 Å². The van der Waals surface area contributed by atoms with E-state index in [9.17, 15) is 0 Å². The topological polar surface area (TPSA) is 9.72 Å². The average molecular weight is 1510 g/mol. The van der Waals surface area contributed by atoms with Crippen molar-refractivity contribution in [1.29, 1.82) is 0 Å². The summed E-state index contributed by atoms with van der Waals surface area (Å²) in [4.78, 5) is 11.7. The van der Waals surface area contributed by atoms with Crippen molar-refractivity contribution < 1.29 is 0 Å². The van der Waals surface area contributed by atoms with Crippen LogP contribution in [0.15, 0.2) is 0 Å². The molecule has 0 aromatic carbocycles. The van der Waals surface area contributed by atoms with E-state index in [1.54, 1.807) is 315 Å². The highest BCUT2D eigenvalue weighted by Crippen LogP contribution is 2.72. The molecule has 0 amide bonds. The fraction of sp³-hybridized carbons (Fsp3) is 1.00. The molecule has 0 aromatic heterocycles. The Labute approximate surface area is 681 Å². The van der Waals surface area contributed by atoms with E-state index in [4.69, 9.17) is 0 Å². The van der Waals surface area contributed by atoms with Gasteiger partial charge in [-0.25, -0.2) is 0 Å². The molecule has 3 nitrogen and oxygen atoms in total. The van der Waals surface area contributed by atoms with Gasteiger partial charge in [-0.2, -0.15) is 0 Å². The van der Waals surface area contributed by atoms with Crippen molar-refractivity contribution in [3.8, 4) is 0 Å². The molecule has 620 valence electrons. The van der Waals surface area contributed by atoms with Crippen molar-refractivity contribution in [3.05, 3.63) is 0 Å². The molecule has 0 aromatic rings. The molecule has 3 heterocycles. The van der Waals surface area contributed by atoms with Crippen molar-refractivity contribution in [2.24, 2.45) is 164 Å². The van der Waals surface area contributed by atoms with E-state index in [2.05, 4.69) is 77.0 Å². The molecule has 17 aliphatic carbocycles. The number of fused-ring (bicyclic) bond motifs is 7. The van der Waals surface area contributed by atoms with Gasteiger partial charge in [-0.3, -0.25) is 14.7 Å². The zero-order valence-electron chi connectivity index (χ0n) is 74.1. The lowest BCUT2D eigenvalue weighted by Gasteiger charge is -2.73. The lowest BCUT2D eigenvalue weighted by atomic mass is 9.18. The zero-order valence-corrected chi connectivity index (χ0v) is 74.1. The molecule has 110 heavy (non-hydrogen) atoms. The summed E-state index contributed by atoms with van der Waals surface area (Å²) >= 11 is 0. The van der Waals surface area contributed by atoms with Crippen LogP contribution in [0.25, 0.3) is 0 Å². The van der Waals surface area contributed by atoms with Crippen LogP contribution in [0, 0.1) is 164 Å². The van der Waals surface area contributed by atoms with Crippen molar-refractivity contribution in [2.75, 3.05) is 0 Å². The number of hydrogen-bond donors (Lipinski definition) is 0. The van der Waals surface area contributed by atoms with Gasteiger partial charge in [-0.1, -0.05) is 300 Å². The minimum absolute atomic E-state index is 0.328. The molecule has 20 aliphatic rings. The lowest BCUT2D eigenvalue weighted by Crippen LogP contribution is -2.77. The maximum Gasteiger partial charge on any atom is 0.156 e. The van der Waals surface area contributed by atoms with E-state index in [1.807, 2.05) is 0 Å². The first kappa shape index (κ1) is 78.5. The fourth-order valence-electron chi connectivity index (χ4n) is 39.0. The first-order valence-corrected chi connectivity index (χ1v) is 52.8. The highest BCUT2D eigenvalue weighted by molar-refractivity contribution is 6.65. The number of rotatable bonds is 10. The van der Waals surface area contributed by atoms with Crippen LogP contribution in [0.3, 0.4) is 0 Å². The minimum Gasteiger partial charge on any atom is -0.295 e. The largest absolute Gasteiger partial charge is 0.295 e. The van der Waals surface area contributed by atoms with E-state index in [0.717, 1.165) is 226 Å². The van der Waals surface area contributed by atoms with Gasteiger partial charge in [-0.15, -0.1) is 0 Å². The van der Waals surface area contributed by atoms with Crippen LogP contribution in [-0.2, 0) is 0 Å². The summed E-state index contributed by atoms with van der Waals surface area (Å²) in [6.45, 7) is 26.0. The van der Waals surface area contributed by atoms with Crippen molar-refractivity contribution in [1.82, 2.24) is 14.7 Å². The predicted molar refractivity (Wildman–Crippen MR) is 465 cm³/mol. The third kappa shape index (κ3) is 14.6. The van der Waals surface area contributed by atoms with Gasteiger partial charge in [0.1, 0.15) is 0 Å². The highest BCUT2D eigenvalue weighted by Gasteiger charge is 2.71. The Morgan fingerprint density at radius 2 is 0.545 bits per heavy atom. The molecular formula is C106H178BN3. The first-order chi connectivity index (χ1) is 53.5. The van der Waals surface area contributed by atoms with Crippen LogP contribution in [0.2, 0.25) is 17.5 Å². The summed E-state index contributed by atoms with van der Waals surface area (Å²) in [6.07, 6.45) is 90.1. The van der Waals surface area contributed by atoms with Crippen molar-refractivity contribution in [3.63, 3.8) is 0 Å². The van der Waals surface area contributed by atoms with Crippen LogP contribution < -0.4 is 0 Å². The Kier molecular flexibility index (Phi) is 23.1. The molecule has 0 N–H and O–H groups in total. The summed E-state index contributed by atoms with van der Waals surface area (Å²) in [5.74, 6) is 27.4. The molecule has 3 aliphatic heterocycles.